The lowest BCUT2D eigenvalue weighted by molar-refractivity contribution is -0.136. The zero-order valence-corrected chi connectivity index (χ0v) is 35.4. The van der Waals surface area contributed by atoms with Crippen molar-refractivity contribution < 1.29 is 22.3 Å². The molecule has 0 spiro atoms. The second-order valence-electron chi connectivity index (χ2n) is 18.3. The number of halogens is 2. The summed E-state index contributed by atoms with van der Waals surface area (Å²) in [7, 11) is 5.80. The largest absolute Gasteiger partial charge is 0.494 e. The van der Waals surface area contributed by atoms with Crippen LogP contribution in [0.2, 0.25) is 5.02 Å². The fourth-order valence-corrected chi connectivity index (χ4v) is 11.1. The van der Waals surface area contributed by atoms with Crippen molar-refractivity contribution in [3.05, 3.63) is 57.9 Å². The Morgan fingerprint density at radius 2 is 1.77 bits per heavy atom. The number of fused-ring (bicyclic) bond motifs is 2. The lowest BCUT2D eigenvalue weighted by Crippen LogP contribution is -2.61. The number of likely N-dealkylation sites (N-methyl/N-ethyl adjacent to an activating group) is 1. The lowest BCUT2D eigenvalue weighted by Gasteiger charge is -2.62. The van der Waals surface area contributed by atoms with E-state index in [4.69, 9.17) is 16.3 Å². The van der Waals surface area contributed by atoms with Gasteiger partial charge in [0.2, 0.25) is 15.9 Å². The molecule has 9 nitrogen and oxygen atoms in total. The fraction of sp³-hybridized carbons (Fsp3) is 0.683. The maximum Gasteiger partial charge on any atom is 0.238 e. The van der Waals surface area contributed by atoms with Crippen molar-refractivity contribution in [1.82, 2.24) is 19.4 Å². The van der Waals surface area contributed by atoms with Gasteiger partial charge >= 0.3 is 0 Å². The Kier molecular flexibility index (Phi) is 12.6. The normalized spacial score (nSPS) is 25.7. The molecule has 6 rings (SSSR count). The number of hydrogen-bond acceptors (Lipinski definition) is 7. The highest BCUT2D eigenvalue weighted by Crippen LogP contribution is 2.61. The smallest absolute Gasteiger partial charge is 0.238 e. The molecule has 1 heterocycles. The summed E-state index contributed by atoms with van der Waals surface area (Å²) in [6.07, 6.45) is 3.26. The number of sulfonamides is 1. The molecule has 1 N–H and O–H groups in total. The lowest BCUT2D eigenvalue weighted by atomic mass is 9.45. The van der Waals surface area contributed by atoms with Gasteiger partial charge in [0.25, 0.3) is 0 Å². The molecule has 53 heavy (non-hydrogen) atoms. The van der Waals surface area contributed by atoms with Gasteiger partial charge in [-0.1, -0.05) is 59.2 Å². The van der Waals surface area contributed by atoms with Crippen LogP contribution in [0, 0.1) is 34.4 Å². The van der Waals surface area contributed by atoms with E-state index in [-0.39, 0.29) is 54.4 Å². The standard InChI is InChI=1S/C41H63ClFN5O4S/c1-26-33-19-29(41(33,5)6)20-35(26)44-39(49)36-14-15-53(50,51)48(36)23-28-16-27(17-30(18-28)46(9)10)22-47(31(24-45(7)8)21-40(2,3)4)25-32-34(42)12-13-37(52-11)38(32)43/h12-13,16-18,26,29,31,33,35-36H,14-15,19-25H2,1-11H3,(H,44,49)/t26-,29-,31-,33+,35-,36?/m0/s1. The number of hydrogen-bond donors (Lipinski definition) is 1. The summed E-state index contributed by atoms with van der Waals surface area (Å²) in [5, 5.41) is 3.64. The topological polar surface area (TPSA) is 85.4 Å². The fourth-order valence-electron chi connectivity index (χ4n) is 9.24. The van der Waals surface area contributed by atoms with E-state index in [1.807, 2.05) is 45.2 Å². The van der Waals surface area contributed by atoms with Crippen molar-refractivity contribution in [3.63, 3.8) is 0 Å². The second-order valence-corrected chi connectivity index (χ2v) is 20.7. The number of carbonyl (C=O) groups excluding carboxylic acids is 1. The van der Waals surface area contributed by atoms with E-state index < -0.39 is 21.9 Å². The van der Waals surface area contributed by atoms with Crippen molar-refractivity contribution in [1.29, 1.82) is 0 Å². The zero-order chi connectivity index (χ0) is 39.2. The average Bonchev–Trinajstić information content (AvgIpc) is 3.35. The van der Waals surface area contributed by atoms with Crippen LogP contribution >= 0.6 is 11.6 Å². The van der Waals surface area contributed by atoms with Gasteiger partial charge in [0.15, 0.2) is 11.6 Å². The minimum absolute atomic E-state index is 0.0158. The van der Waals surface area contributed by atoms with Gasteiger partial charge in [-0.2, -0.15) is 4.31 Å². The highest BCUT2D eigenvalue weighted by atomic mass is 35.5. The van der Waals surface area contributed by atoms with Crippen LogP contribution in [0.1, 0.15) is 83.9 Å². The summed E-state index contributed by atoms with van der Waals surface area (Å²) in [5.41, 5.74) is 3.32. The van der Waals surface area contributed by atoms with Gasteiger partial charge in [-0.3, -0.25) is 9.69 Å². The van der Waals surface area contributed by atoms with Crippen LogP contribution in [0.25, 0.3) is 0 Å². The molecular weight excluding hydrogens is 713 g/mol. The Balaban J connectivity index is 1.45. The molecule has 3 saturated carbocycles. The van der Waals surface area contributed by atoms with Crippen LogP contribution in [0.15, 0.2) is 30.3 Å². The van der Waals surface area contributed by atoms with E-state index in [2.05, 4.69) is 62.7 Å². The second kappa shape index (κ2) is 16.0. The average molecular weight is 777 g/mol. The third-order valence-electron chi connectivity index (χ3n) is 12.3. The first-order chi connectivity index (χ1) is 24.6. The number of methoxy groups -OCH3 is 1. The van der Waals surface area contributed by atoms with Gasteiger partial charge in [-0.15, -0.1) is 0 Å². The molecule has 2 aromatic carbocycles. The molecule has 12 heteroatoms. The Hall–Kier alpha value is -2.44. The van der Waals surface area contributed by atoms with E-state index in [0.29, 0.717) is 40.3 Å². The van der Waals surface area contributed by atoms with Crippen LogP contribution in [0.5, 0.6) is 5.75 Å². The highest BCUT2D eigenvalue weighted by molar-refractivity contribution is 7.89. The number of anilines is 1. The SMILES string of the molecule is COc1ccc(Cl)c(CN(Cc2cc(CN3C(C(=O)N[C@H]4C[C@@H]5C[C@H]([C@@H]4C)C5(C)C)CCS3(=O)=O)cc(N(C)C)c2)[C@H](CN(C)C)CC(C)(C)C)c1F. The Labute approximate surface area is 323 Å². The molecule has 296 valence electrons. The molecule has 1 saturated heterocycles. The molecule has 4 fully saturated rings. The molecule has 1 amide bonds. The number of amides is 1. The summed E-state index contributed by atoms with van der Waals surface area (Å²) in [6, 6.07) is 8.70. The van der Waals surface area contributed by atoms with Crippen LogP contribution in [-0.2, 0) is 34.5 Å². The van der Waals surface area contributed by atoms with Gasteiger partial charge in [0.05, 0.1) is 12.9 Å². The van der Waals surface area contributed by atoms with Gasteiger partial charge in [-0.25, -0.2) is 12.8 Å². The molecule has 2 aromatic rings. The number of carbonyl (C=O) groups is 1. The first-order valence-electron chi connectivity index (χ1n) is 19.1. The molecule has 0 aromatic heterocycles. The summed E-state index contributed by atoms with van der Waals surface area (Å²) in [5.74, 6) is 0.930. The van der Waals surface area contributed by atoms with Crippen molar-refractivity contribution in [3.8, 4) is 5.75 Å². The van der Waals surface area contributed by atoms with E-state index in [0.717, 1.165) is 36.2 Å². The van der Waals surface area contributed by atoms with Crippen LogP contribution in [-0.4, -0.2) is 94.2 Å². The predicted octanol–water partition coefficient (Wildman–Crippen LogP) is 7.01. The Bertz CT molecular complexity index is 1750. The summed E-state index contributed by atoms with van der Waals surface area (Å²) in [6.45, 7) is 15.1. The van der Waals surface area contributed by atoms with Gasteiger partial charge in [0.1, 0.15) is 6.04 Å². The molecule has 0 radical (unpaired) electrons. The maximum absolute atomic E-state index is 15.8. The monoisotopic (exact) mass is 775 g/mol. The quantitative estimate of drug-likeness (QED) is 0.221. The number of ether oxygens (including phenoxy) is 1. The van der Waals surface area contributed by atoms with Crippen LogP contribution < -0.4 is 15.0 Å². The number of benzene rings is 2. The van der Waals surface area contributed by atoms with Crippen molar-refractivity contribution in [2.75, 3.05) is 52.5 Å². The van der Waals surface area contributed by atoms with Crippen LogP contribution in [0.4, 0.5) is 10.1 Å². The maximum atomic E-state index is 15.8. The summed E-state index contributed by atoms with van der Waals surface area (Å²) in [4.78, 5) is 20.3. The van der Waals surface area contributed by atoms with Crippen molar-refractivity contribution in [2.45, 2.75) is 105 Å². The molecule has 1 unspecified atom stereocenters. The molecule has 6 atom stereocenters. The Morgan fingerprint density at radius 1 is 1.09 bits per heavy atom. The van der Waals surface area contributed by atoms with E-state index in [1.165, 1.54) is 17.8 Å². The van der Waals surface area contributed by atoms with E-state index in [1.54, 1.807) is 12.1 Å². The predicted molar refractivity (Wildman–Crippen MR) is 213 cm³/mol. The number of nitrogens with one attached hydrogen (secondary N) is 1. The van der Waals surface area contributed by atoms with Gasteiger partial charge in [0, 0.05) is 68.6 Å². The molecule has 1 aliphatic heterocycles. The number of nitrogens with zero attached hydrogens (tertiary/aromatic N) is 4. The molecule has 2 bridgehead atoms. The van der Waals surface area contributed by atoms with Crippen LogP contribution in [0.3, 0.4) is 0 Å². The van der Waals surface area contributed by atoms with E-state index >= 15 is 4.39 Å². The number of rotatable bonds is 14. The molecule has 4 aliphatic rings. The Morgan fingerprint density at radius 3 is 2.36 bits per heavy atom. The van der Waals surface area contributed by atoms with Gasteiger partial charge < -0.3 is 19.9 Å². The molecular formula is C41H63ClFN5O4S. The van der Waals surface area contributed by atoms with Gasteiger partial charge in [-0.05, 0) is 104 Å². The minimum atomic E-state index is -3.65. The third kappa shape index (κ3) is 9.34. The first kappa shape index (κ1) is 41.7. The van der Waals surface area contributed by atoms with Crippen molar-refractivity contribution in [2.24, 2.45) is 28.6 Å². The summed E-state index contributed by atoms with van der Waals surface area (Å²) < 4.78 is 49.7. The minimum Gasteiger partial charge on any atom is -0.494 e. The first-order valence-corrected chi connectivity index (χ1v) is 21.1. The molecule has 3 aliphatic carbocycles. The highest BCUT2D eigenvalue weighted by Gasteiger charge is 2.57. The third-order valence-corrected chi connectivity index (χ3v) is 14.5. The van der Waals surface area contributed by atoms with E-state index in [9.17, 15) is 13.2 Å². The van der Waals surface area contributed by atoms with Crippen molar-refractivity contribution >= 4 is 33.2 Å². The summed E-state index contributed by atoms with van der Waals surface area (Å²) >= 11 is 6.66. The zero-order valence-electron chi connectivity index (χ0n) is 33.8.